The summed E-state index contributed by atoms with van der Waals surface area (Å²) in [5, 5.41) is 0. The highest BCUT2D eigenvalue weighted by molar-refractivity contribution is 5.23. The zero-order chi connectivity index (χ0) is 13.6. The van der Waals surface area contributed by atoms with Crippen molar-refractivity contribution in [3.63, 3.8) is 0 Å². The van der Waals surface area contributed by atoms with Crippen molar-refractivity contribution in [2.45, 2.75) is 38.1 Å². The molecule has 2 bridgehead atoms. The third kappa shape index (κ3) is 2.27. The SMILES string of the molecule is NC(CC1CC2CCC1C2)c1ccc(F)c(F)c1F. The van der Waals surface area contributed by atoms with E-state index in [0.717, 1.165) is 18.4 Å². The predicted octanol–water partition coefficient (Wildman–Crippen LogP) is 3.93. The molecule has 104 valence electrons. The molecule has 0 radical (unpaired) electrons. The average molecular weight is 269 g/mol. The molecule has 2 aliphatic carbocycles. The van der Waals surface area contributed by atoms with Gasteiger partial charge in [0.1, 0.15) is 0 Å². The molecule has 0 saturated heterocycles. The minimum absolute atomic E-state index is 0.0988. The van der Waals surface area contributed by atoms with Gasteiger partial charge in [-0.3, -0.25) is 0 Å². The molecule has 0 spiro atoms. The first kappa shape index (κ1) is 13.0. The van der Waals surface area contributed by atoms with E-state index in [-0.39, 0.29) is 5.56 Å². The summed E-state index contributed by atoms with van der Waals surface area (Å²) in [6.07, 6.45) is 5.63. The lowest BCUT2D eigenvalue weighted by Gasteiger charge is -2.25. The van der Waals surface area contributed by atoms with Crippen LogP contribution in [-0.4, -0.2) is 0 Å². The van der Waals surface area contributed by atoms with Crippen LogP contribution in [0.3, 0.4) is 0 Å². The number of hydrogen-bond donors (Lipinski definition) is 1. The van der Waals surface area contributed by atoms with E-state index < -0.39 is 23.5 Å². The summed E-state index contributed by atoms with van der Waals surface area (Å²) in [6.45, 7) is 0. The predicted molar refractivity (Wildman–Crippen MR) is 66.8 cm³/mol. The van der Waals surface area contributed by atoms with E-state index in [0.29, 0.717) is 18.3 Å². The molecule has 0 aliphatic heterocycles. The van der Waals surface area contributed by atoms with E-state index in [1.807, 2.05) is 0 Å². The molecule has 1 aromatic carbocycles. The van der Waals surface area contributed by atoms with Crippen molar-refractivity contribution in [3.05, 3.63) is 35.1 Å². The van der Waals surface area contributed by atoms with Crippen molar-refractivity contribution >= 4 is 0 Å². The fourth-order valence-corrected chi connectivity index (χ4v) is 3.95. The highest BCUT2D eigenvalue weighted by atomic mass is 19.2. The van der Waals surface area contributed by atoms with Crippen LogP contribution in [0.15, 0.2) is 12.1 Å². The van der Waals surface area contributed by atoms with Crippen molar-refractivity contribution in [2.75, 3.05) is 0 Å². The van der Waals surface area contributed by atoms with Crippen LogP contribution in [0.5, 0.6) is 0 Å². The Hall–Kier alpha value is -1.03. The van der Waals surface area contributed by atoms with Gasteiger partial charge in [-0.25, -0.2) is 13.2 Å². The fraction of sp³-hybridized carbons (Fsp3) is 0.600. The van der Waals surface area contributed by atoms with Crippen LogP contribution >= 0.6 is 0 Å². The van der Waals surface area contributed by atoms with Crippen LogP contribution in [-0.2, 0) is 0 Å². The van der Waals surface area contributed by atoms with Gasteiger partial charge in [0.2, 0.25) is 0 Å². The minimum Gasteiger partial charge on any atom is -0.324 e. The van der Waals surface area contributed by atoms with Gasteiger partial charge >= 0.3 is 0 Å². The Balaban J connectivity index is 1.74. The van der Waals surface area contributed by atoms with Crippen LogP contribution in [0.1, 0.15) is 43.7 Å². The van der Waals surface area contributed by atoms with Crippen molar-refractivity contribution in [1.82, 2.24) is 0 Å². The lowest BCUT2D eigenvalue weighted by molar-refractivity contribution is 0.293. The van der Waals surface area contributed by atoms with E-state index in [1.165, 1.54) is 25.3 Å². The standard InChI is InChI=1S/C15H18F3N/c16-12-4-3-11(14(17)15(12)18)13(19)7-10-6-8-1-2-9(10)5-8/h3-4,8-10,13H,1-2,5-7,19H2. The second kappa shape index (κ2) is 4.82. The molecule has 2 aliphatic rings. The van der Waals surface area contributed by atoms with Crippen LogP contribution in [0.25, 0.3) is 0 Å². The highest BCUT2D eigenvalue weighted by Crippen LogP contribution is 2.50. The molecule has 1 nitrogen and oxygen atoms in total. The molecule has 0 heterocycles. The Morgan fingerprint density at radius 3 is 2.53 bits per heavy atom. The van der Waals surface area contributed by atoms with E-state index in [2.05, 4.69) is 0 Å². The van der Waals surface area contributed by atoms with E-state index in [1.54, 1.807) is 0 Å². The summed E-state index contributed by atoms with van der Waals surface area (Å²) in [4.78, 5) is 0. The van der Waals surface area contributed by atoms with Gasteiger partial charge in [0.15, 0.2) is 17.5 Å². The Kier molecular flexibility index (Phi) is 3.29. The summed E-state index contributed by atoms with van der Waals surface area (Å²) in [6, 6.07) is 1.68. The van der Waals surface area contributed by atoms with Gasteiger partial charge in [-0.1, -0.05) is 12.5 Å². The first-order chi connectivity index (χ1) is 9.06. The largest absolute Gasteiger partial charge is 0.324 e. The quantitative estimate of drug-likeness (QED) is 0.827. The smallest absolute Gasteiger partial charge is 0.194 e. The summed E-state index contributed by atoms with van der Waals surface area (Å²) in [5.74, 6) is -1.69. The number of fused-ring (bicyclic) bond motifs is 2. The second-order valence-corrected chi connectivity index (χ2v) is 6.04. The molecule has 1 aromatic rings. The monoisotopic (exact) mass is 269 g/mol. The molecule has 4 unspecified atom stereocenters. The number of nitrogens with two attached hydrogens (primary N) is 1. The Bertz CT molecular complexity index is 489. The lowest BCUT2D eigenvalue weighted by atomic mass is 9.83. The number of rotatable bonds is 3. The molecule has 4 atom stereocenters. The molecule has 3 rings (SSSR count). The van der Waals surface area contributed by atoms with Crippen LogP contribution < -0.4 is 5.73 Å². The maximum Gasteiger partial charge on any atom is 0.194 e. The van der Waals surface area contributed by atoms with Gasteiger partial charge in [0.05, 0.1) is 0 Å². The summed E-state index contributed by atoms with van der Waals surface area (Å²) < 4.78 is 39.8. The van der Waals surface area contributed by atoms with Crippen molar-refractivity contribution in [3.8, 4) is 0 Å². The fourth-order valence-electron chi connectivity index (χ4n) is 3.95. The second-order valence-electron chi connectivity index (χ2n) is 6.04. The lowest BCUT2D eigenvalue weighted by Crippen LogP contribution is -2.21. The molecule has 2 fully saturated rings. The Labute approximate surface area is 111 Å². The van der Waals surface area contributed by atoms with Gasteiger partial charge in [-0.2, -0.15) is 0 Å². The zero-order valence-electron chi connectivity index (χ0n) is 10.7. The van der Waals surface area contributed by atoms with Gasteiger partial charge in [0, 0.05) is 11.6 Å². The van der Waals surface area contributed by atoms with Crippen LogP contribution in [0.4, 0.5) is 13.2 Å². The minimum atomic E-state index is -1.42. The number of halogens is 3. The highest BCUT2D eigenvalue weighted by Gasteiger charge is 2.40. The van der Waals surface area contributed by atoms with Gasteiger partial charge in [0.25, 0.3) is 0 Å². The van der Waals surface area contributed by atoms with E-state index in [4.69, 9.17) is 5.73 Å². The molecular formula is C15H18F3N. The van der Waals surface area contributed by atoms with E-state index in [9.17, 15) is 13.2 Å². The first-order valence-corrected chi connectivity index (χ1v) is 6.95. The normalized spacial score (nSPS) is 30.8. The average Bonchev–Trinajstić information content (AvgIpc) is 2.98. The van der Waals surface area contributed by atoms with Gasteiger partial charge in [-0.05, 0) is 49.5 Å². The Morgan fingerprint density at radius 2 is 1.89 bits per heavy atom. The molecule has 2 saturated carbocycles. The Morgan fingerprint density at radius 1 is 1.11 bits per heavy atom. The number of hydrogen-bond acceptors (Lipinski definition) is 1. The summed E-state index contributed by atoms with van der Waals surface area (Å²) in [7, 11) is 0. The third-order valence-corrected chi connectivity index (χ3v) is 4.91. The topological polar surface area (TPSA) is 26.0 Å². The molecular weight excluding hydrogens is 251 g/mol. The van der Waals surface area contributed by atoms with Gasteiger partial charge < -0.3 is 5.73 Å². The van der Waals surface area contributed by atoms with Gasteiger partial charge in [-0.15, -0.1) is 0 Å². The van der Waals surface area contributed by atoms with Crippen molar-refractivity contribution in [2.24, 2.45) is 23.5 Å². The van der Waals surface area contributed by atoms with Crippen molar-refractivity contribution in [1.29, 1.82) is 0 Å². The number of benzene rings is 1. The van der Waals surface area contributed by atoms with Crippen molar-refractivity contribution < 1.29 is 13.2 Å². The molecule has 19 heavy (non-hydrogen) atoms. The molecule has 4 heteroatoms. The zero-order valence-corrected chi connectivity index (χ0v) is 10.7. The molecule has 2 N–H and O–H groups in total. The first-order valence-electron chi connectivity index (χ1n) is 6.95. The molecule has 0 aromatic heterocycles. The summed E-state index contributed by atoms with van der Waals surface area (Å²) >= 11 is 0. The molecule has 0 amide bonds. The maximum absolute atomic E-state index is 13.7. The summed E-state index contributed by atoms with van der Waals surface area (Å²) in [5.41, 5.74) is 6.10. The van der Waals surface area contributed by atoms with Crippen LogP contribution in [0, 0.1) is 35.2 Å². The van der Waals surface area contributed by atoms with E-state index >= 15 is 0 Å². The van der Waals surface area contributed by atoms with Crippen LogP contribution in [0.2, 0.25) is 0 Å². The third-order valence-electron chi connectivity index (χ3n) is 4.91. The maximum atomic E-state index is 13.7.